The lowest BCUT2D eigenvalue weighted by molar-refractivity contribution is -0.137. The molecule has 4 rings (SSSR count). The van der Waals surface area contributed by atoms with E-state index in [0.29, 0.717) is 18.0 Å². The van der Waals surface area contributed by atoms with Crippen LogP contribution in [0.3, 0.4) is 0 Å². The summed E-state index contributed by atoms with van der Waals surface area (Å²) in [6.45, 7) is 4.76. The molecule has 1 saturated heterocycles. The number of alkyl halides is 3. The number of hydrogen-bond acceptors (Lipinski definition) is 3. The van der Waals surface area contributed by atoms with Gasteiger partial charge in [-0.05, 0) is 49.9 Å². The molecule has 0 unspecified atom stereocenters. The Morgan fingerprint density at radius 1 is 1.18 bits per heavy atom. The zero-order chi connectivity index (χ0) is 20.1. The third kappa shape index (κ3) is 3.41. The second kappa shape index (κ2) is 6.62. The first-order valence-electron chi connectivity index (χ1n) is 9.39. The second-order valence-corrected chi connectivity index (χ2v) is 7.99. The zero-order valence-electron chi connectivity index (χ0n) is 15.6. The lowest BCUT2D eigenvalue weighted by Crippen LogP contribution is -2.32. The molecular formula is C20H22F3N3O2. The first-order valence-corrected chi connectivity index (χ1v) is 9.39. The number of nitrogens with zero attached hydrogens (tertiary/aromatic N) is 2. The van der Waals surface area contributed by atoms with Crippen molar-refractivity contribution in [1.82, 2.24) is 14.5 Å². The molecule has 1 N–H and O–H groups in total. The fourth-order valence-corrected chi connectivity index (χ4v) is 4.44. The van der Waals surface area contributed by atoms with E-state index in [1.165, 1.54) is 16.7 Å². The monoisotopic (exact) mass is 393 g/mol. The SMILES string of the molecule is Cc1cn(CCCN2C[C@@H]3C[C@]3(c3ccc(C(F)(F)F)cc3)C2)c(=O)[nH]c1=O. The lowest BCUT2D eigenvalue weighted by Gasteiger charge is -2.21. The van der Waals surface area contributed by atoms with E-state index in [4.69, 9.17) is 0 Å². The Morgan fingerprint density at radius 3 is 2.57 bits per heavy atom. The molecule has 2 atom stereocenters. The van der Waals surface area contributed by atoms with Crippen LogP contribution < -0.4 is 11.2 Å². The molecule has 2 fully saturated rings. The van der Waals surface area contributed by atoms with Crippen molar-refractivity contribution in [1.29, 1.82) is 0 Å². The van der Waals surface area contributed by atoms with Gasteiger partial charge in [0.2, 0.25) is 0 Å². The molecule has 2 aliphatic rings. The van der Waals surface area contributed by atoms with Crippen LogP contribution in [-0.2, 0) is 18.1 Å². The molecule has 28 heavy (non-hydrogen) atoms. The van der Waals surface area contributed by atoms with E-state index in [1.54, 1.807) is 25.3 Å². The van der Waals surface area contributed by atoms with Crippen molar-refractivity contribution in [2.45, 2.75) is 37.9 Å². The van der Waals surface area contributed by atoms with Crippen molar-refractivity contribution >= 4 is 0 Å². The largest absolute Gasteiger partial charge is 0.416 e. The van der Waals surface area contributed by atoms with Gasteiger partial charge in [0.05, 0.1) is 5.56 Å². The third-order valence-corrected chi connectivity index (χ3v) is 6.07. The summed E-state index contributed by atoms with van der Waals surface area (Å²) in [4.78, 5) is 27.9. The van der Waals surface area contributed by atoms with Gasteiger partial charge in [0.15, 0.2) is 0 Å². The van der Waals surface area contributed by atoms with E-state index < -0.39 is 17.4 Å². The highest BCUT2D eigenvalue weighted by molar-refractivity contribution is 5.39. The van der Waals surface area contributed by atoms with Crippen LogP contribution in [0.15, 0.2) is 40.1 Å². The number of aromatic nitrogens is 2. The van der Waals surface area contributed by atoms with E-state index in [1.807, 2.05) is 0 Å². The maximum Gasteiger partial charge on any atom is 0.416 e. The Bertz CT molecular complexity index is 993. The van der Waals surface area contributed by atoms with Crippen molar-refractivity contribution in [3.05, 3.63) is 68.0 Å². The smallest absolute Gasteiger partial charge is 0.302 e. The number of nitrogens with one attached hydrogen (secondary N) is 1. The molecule has 1 aromatic carbocycles. The summed E-state index contributed by atoms with van der Waals surface area (Å²) in [7, 11) is 0. The summed E-state index contributed by atoms with van der Waals surface area (Å²) >= 11 is 0. The summed E-state index contributed by atoms with van der Waals surface area (Å²) in [6.07, 6.45) is -0.944. The van der Waals surface area contributed by atoms with Gasteiger partial charge in [0.1, 0.15) is 0 Å². The van der Waals surface area contributed by atoms with Crippen LogP contribution >= 0.6 is 0 Å². The van der Waals surface area contributed by atoms with Crippen LogP contribution in [0.25, 0.3) is 0 Å². The number of aryl methyl sites for hydroxylation is 2. The van der Waals surface area contributed by atoms with Gasteiger partial charge >= 0.3 is 11.9 Å². The molecule has 2 aromatic rings. The number of halogens is 3. The number of hydrogen-bond donors (Lipinski definition) is 1. The normalized spacial score (nSPS) is 24.4. The average Bonchev–Trinajstić information content (AvgIpc) is 3.21. The lowest BCUT2D eigenvalue weighted by atomic mass is 9.94. The molecule has 150 valence electrons. The predicted octanol–water partition coefficient (Wildman–Crippen LogP) is 2.53. The number of aromatic amines is 1. The molecule has 1 aliphatic heterocycles. The van der Waals surface area contributed by atoms with Gasteiger partial charge in [-0.3, -0.25) is 9.78 Å². The number of rotatable bonds is 5. The summed E-state index contributed by atoms with van der Waals surface area (Å²) in [5.74, 6) is 0.488. The molecule has 5 nitrogen and oxygen atoms in total. The fourth-order valence-electron chi connectivity index (χ4n) is 4.44. The summed E-state index contributed by atoms with van der Waals surface area (Å²) in [5.41, 5.74) is 0.0979. The van der Waals surface area contributed by atoms with Gasteiger partial charge in [-0.15, -0.1) is 0 Å². The Morgan fingerprint density at radius 2 is 1.89 bits per heavy atom. The third-order valence-electron chi connectivity index (χ3n) is 6.07. The van der Waals surface area contributed by atoms with E-state index >= 15 is 0 Å². The summed E-state index contributed by atoms with van der Waals surface area (Å²) in [5, 5.41) is 0. The molecule has 0 amide bonds. The molecular weight excluding hydrogens is 371 g/mol. The predicted molar refractivity (Wildman–Crippen MR) is 98.3 cm³/mol. The highest BCUT2D eigenvalue weighted by Crippen LogP contribution is 2.59. The van der Waals surface area contributed by atoms with Crippen molar-refractivity contribution in [3.63, 3.8) is 0 Å². The maximum atomic E-state index is 12.8. The van der Waals surface area contributed by atoms with E-state index in [-0.39, 0.29) is 11.0 Å². The standard InChI is InChI=1S/C20H22F3N3O2/c1-13-10-26(18(28)24-17(13)27)8-2-7-25-11-16-9-19(16,12-25)14-3-5-15(6-4-14)20(21,22)23/h3-6,10,16H,2,7-9,11-12H2,1H3,(H,24,27,28)/t16-,19+/m0/s1. The molecule has 2 heterocycles. The highest BCUT2D eigenvalue weighted by Gasteiger charge is 2.60. The number of piperidine rings is 1. The minimum Gasteiger partial charge on any atom is -0.302 e. The first kappa shape index (κ1) is 19.0. The van der Waals surface area contributed by atoms with E-state index in [2.05, 4.69) is 9.88 Å². The number of fused-ring (bicyclic) bond motifs is 1. The molecule has 1 saturated carbocycles. The van der Waals surface area contributed by atoms with Gasteiger partial charge in [-0.1, -0.05) is 12.1 Å². The van der Waals surface area contributed by atoms with Crippen molar-refractivity contribution < 1.29 is 13.2 Å². The molecule has 0 bridgehead atoms. The number of likely N-dealkylation sites (tertiary alicyclic amines) is 1. The van der Waals surface area contributed by atoms with Crippen LogP contribution in [0.2, 0.25) is 0 Å². The quantitative estimate of drug-likeness (QED) is 0.849. The van der Waals surface area contributed by atoms with Crippen molar-refractivity contribution in [2.24, 2.45) is 5.92 Å². The van der Waals surface area contributed by atoms with Crippen molar-refractivity contribution in [3.8, 4) is 0 Å². The Balaban J connectivity index is 1.36. The van der Waals surface area contributed by atoms with Gasteiger partial charge < -0.3 is 9.47 Å². The number of H-pyrrole nitrogens is 1. The van der Waals surface area contributed by atoms with E-state index in [9.17, 15) is 22.8 Å². The second-order valence-electron chi connectivity index (χ2n) is 7.99. The van der Waals surface area contributed by atoms with Gasteiger partial charge in [0.25, 0.3) is 5.56 Å². The van der Waals surface area contributed by atoms with Crippen LogP contribution in [-0.4, -0.2) is 34.1 Å². The highest BCUT2D eigenvalue weighted by atomic mass is 19.4. The van der Waals surface area contributed by atoms with E-state index in [0.717, 1.165) is 38.0 Å². The molecule has 0 radical (unpaired) electrons. The van der Waals surface area contributed by atoms with Gasteiger partial charge in [-0.2, -0.15) is 13.2 Å². The zero-order valence-corrected chi connectivity index (χ0v) is 15.6. The van der Waals surface area contributed by atoms with Crippen LogP contribution in [0.1, 0.15) is 29.5 Å². The Labute approximate surface area is 159 Å². The summed E-state index contributed by atoms with van der Waals surface area (Å²) in [6, 6.07) is 5.59. The maximum absolute atomic E-state index is 12.8. The Hall–Kier alpha value is -2.35. The van der Waals surface area contributed by atoms with Crippen LogP contribution in [0.5, 0.6) is 0 Å². The number of benzene rings is 1. The van der Waals surface area contributed by atoms with Crippen LogP contribution in [0.4, 0.5) is 13.2 Å². The fraction of sp³-hybridized carbons (Fsp3) is 0.500. The molecule has 0 spiro atoms. The first-order chi connectivity index (χ1) is 13.2. The minimum absolute atomic E-state index is 0.0183. The average molecular weight is 393 g/mol. The minimum atomic E-state index is -4.31. The van der Waals surface area contributed by atoms with Gasteiger partial charge in [0, 0.05) is 36.8 Å². The summed E-state index contributed by atoms with van der Waals surface area (Å²) < 4.78 is 39.8. The topological polar surface area (TPSA) is 58.1 Å². The Kier molecular flexibility index (Phi) is 4.49. The van der Waals surface area contributed by atoms with Crippen molar-refractivity contribution in [2.75, 3.05) is 19.6 Å². The van der Waals surface area contributed by atoms with Gasteiger partial charge in [-0.25, -0.2) is 4.79 Å². The van der Waals surface area contributed by atoms with Crippen LogP contribution in [0, 0.1) is 12.8 Å². The molecule has 1 aromatic heterocycles. The molecule has 1 aliphatic carbocycles. The molecule has 8 heteroatoms.